The maximum Gasteiger partial charge on any atom is 0.490 e. The minimum atomic E-state index is -5.08. The number of carbonyl (C=O) groups excluding carboxylic acids is 3. The minimum absolute atomic E-state index is 0.00302. The van der Waals surface area contributed by atoms with Gasteiger partial charge in [-0.25, -0.2) is 14.4 Å². The lowest BCUT2D eigenvalue weighted by Gasteiger charge is -2.31. The standard InChI is InChI=1S/C51H56N6O7.2C2HF3O2/c1-34(52-33-46(59)42-19-21-45(58)50-43(42)20-22-47(60)55-50)29-36-9-8-10-37(30-36)31-48(61)53-32-35-15-17-39(18-16-35)56(2)49(62)25-28-57-26-23-40(24-27-57)64-51(63)54-44-14-7-6-13-41(44)38-11-4-3-5-12-38;2*3-2(4,5)1(6)7/h3-22,30,34,40,46,52,58-59H,23-29,31-33H2,1-2H3,(H,53,61)(H,54,63)(H,55,60);2*(H,6,7)/t34-,46-;;/m0../s1. The number of carboxylic acid groups (broad SMARTS) is 2. The molecule has 1 aromatic heterocycles. The number of ether oxygens (including phenoxy) is 1. The van der Waals surface area contributed by atoms with E-state index in [1.165, 1.54) is 12.1 Å². The maximum absolute atomic E-state index is 13.2. The third-order valence-corrected chi connectivity index (χ3v) is 12.2. The van der Waals surface area contributed by atoms with Crippen molar-refractivity contribution in [1.29, 1.82) is 0 Å². The normalized spacial score (nSPS) is 13.6. The number of nitrogens with zero attached hydrogens (tertiary/aromatic N) is 2. The number of anilines is 2. The van der Waals surface area contributed by atoms with Crippen LogP contribution in [0.25, 0.3) is 22.0 Å². The molecule has 416 valence electrons. The maximum atomic E-state index is 13.2. The lowest BCUT2D eigenvalue weighted by molar-refractivity contribution is -0.193. The number of aliphatic carboxylic acids is 2. The molecule has 7 rings (SSSR count). The highest BCUT2D eigenvalue weighted by molar-refractivity contribution is 5.93. The van der Waals surface area contributed by atoms with Gasteiger partial charge >= 0.3 is 30.4 Å². The summed E-state index contributed by atoms with van der Waals surface area (Å²) in [7, 11) is 1.77. The molecule has 17 nitrogen and oxygen atoms in total. The van der Waals surface area contributed by atoms with Crippen LogP contribution in [0.15, 0.2) is 132 Å². The number of aliphatic hydroxyl groups is 1. The van der Waals surface area contributed by atoms with E-state index in [1.54, 1.807) is 24.1 Å². The number of H-pyrrole nitrogens is 1. The van der Waals surface area contributed by atoms with E-state index in [-0.39, 0.29) is 48.2 Å². The van der Waals surface area contributed by atoms with Crippen LogP contribution in [0.1, 0.15) is 54.5 Å². The van der Waals surface area contributed by atoms with E-state index in [2.05, 4.69) is 25.8 Å². The van der Waals surface area contributed by atoms with Gasteiger partial charge in [0, 0.05) is 74.9 Å². The molecule has 6 aromatic rings. The molecule has 78 heavy (non-hydrogen) atoms. The van der Waals surface area contributed by atoms with Gasteiger partial charge in [0.25, 0.3) is 0 Å². The number of para-hydroxylation sites is 1. The number of halogens is 6. The Kier molecular flexibility index (Phi) is 21.9. The molecule has 5 aromatic carbocycles. The Morgan fingerprint density at radius 3 is 2.04 bits per heavy atom. The Hall–Kier alpha value is -8.28. The zero-order valence-corrected chi connectivity index (χ0v) is 42.2. The average Bonchev–Trinajstić information content (AvgIpc) is 3.43. The number of amides is 3. The first kappa shape index (κ1) is 60.6. The molecule has 0 unspecified atom stereocenters. The third-order valence-electron chi connectivity index (χ3n) is 12.2. The molecule has 1 saturated heterocycles. The first-order chi connectivity index (χ1) is 36.9. The monoisotopic (exact) mass is 1090 g/mol. The number of nitrogens with one attached hydrogen (secondary N) is 4. The fourth-order valence-corrected chi connectivity index (χ4v) is 8.12. The van der Waals surface area contributed by atoms with Crippen LogP contribution >= 0.6 is 0 Å². The summed E-state index contributed by atoms with van der Waals surface area (Å²) in [6.07, 6.45) is -9.03. The second-order valence-electron chi connectivity index (χ2n) is 18.0. The van der Waals surface area contributed by atoms with E-state index in [0.717, 1.165) is 46.6 Å². The number of likely N-dealkylation sites (tertiary alicyclic amines) is 1. The number of fused-ring (bicyclic) bond motifs is 1. The van der Waals surface area contributed by atoms with Gasteiger partial charge in [-0.15, -0.1) is 0 Å². The number of carbonyl (C=O) groups is 5. The molecule has 0 saturated carbocycles. The fourth-order valence-electron chi connectivity index (χ4n) is 8.12. The van der Waals surface area contributed by atoms with Gasteiger partial charge in [0.05, 0.1) is 23.7 Å². The Morgan fingerprint density at radius 1 is 0.782 bits per heavy atom. The predicted molar refractivity (Wildman–Crippen MR) is 278 cm³/mol. The first-order valence-electron chi connectivity index (χ1n) is 24.3. The summed E-state index contributed by atoms with van der Waals surface area (Å²) in [5.74, 6) is -5.67. The summed E-state index contributed by atoms with van der Waals surface area (Å²) in [5.41, 5.74) is 6.84. The van der Waals surface area contributed by atoms with Crippen LogP contribution < -0.4 is 26.4 Å². The number of rotatable bonds is 17. The second kappa shape index (κ2) is 28.2. The summed E-state index contributed by atoms with van der Waals surface area (Å²) in [5, 5.41) is 45.3. The van der Waals surface area contributed by atoms with Crippen molar-refractivity contribution in [3.05, 3.63) is 160 Å². The zero-order chi connectivity index (χ0) is 57.2. The van der Waals surface area contributed by atoms with E-state index in [4.69, 9.17) is 24.5 Å². The number of hydrogen-bond donors (Lipinski definition) is 8. The molecular weight excluding hydrogens is 1030 g/mol. The molecule has 8 N–H and O–H groups in total. The molecule has 0 aliphatic carbocycles. The van der Waals surface area contributed by atoms with Crippen molar-refractivity contribution in [2.24, 2.45) is 0 Å². The van der Waals surface area contributed by atoms with Crippen molar-refractivity contribution in [3.8, 4) is 16.9 Å². The van der Waals surface area contributed by atoms with Crippen LogP contribution in [0.4, 0.5) is 42.5 Å². The number of pyridine rings is 1. The Bertz CT molecular complexity index is 3020. The van der Waals surface area contributed by atoms with E-state index in [9.17, 15) is 55.7 Å². The van der Waals surface area contributed by atoms with Crippen LogP contribution in [0.5, 0.6) is 5.75 Å². The molecule has 2 atom stereocenters. The van der Waals surface area contributed by atoms with Crippen molar-refractivity contribution in [2.75, 3.05) is 43.4 Å². The van der Waals surface area contributed by atoms with Gasteiger partial charge < -0.3 is 50.6 Å². The Morgan fingerprint density at radius 2 is 1.40 bits per heavy atom. The quantitative estimate of drug-likeness (QED) is 0.0401. The summed E-state index contributed by atoms with van der Waals surface area (Å²) in [6, 6.07) is 39.2. The predicted octanol–water partition coefficient (Wildman–Crippen LogP) is 8.35. The SMILES string of the molecule is C[C@@H](Cc1cccc(CC(=O)NCc2ccc(N(C)C(=O)CCN3CCC(OC(=O)Nc4ccccc4-c4ccccc4)CC3)cc2)c1)NC[C@H](O)c1ccc(O)c2[nH]c(=O)ccc12.O=C(O)C(F)(F)F.O=C(O)C(F)(F)F. The van der Waals surface area contributed by atoms with Crippen LogP contribution in [0.2, 0.25) is 0 Å². The molecule has 23 heteroatoms. The van der Waals surface area contributed by atoms with Crippen LogP contribution in [0, 0.1) is 0 Å². The number of phenolic OH excluding ortho intramolecular Hbond substituents is 1. The van der Waals surface area contributed by atoms with Gasteiger partial charge in [-0.1, -0.05) is 91.0 Å². The number of benzene rings is 5. The van der Waals surface area contributed by atoms with Crippen molar-refractivity contribution in [1.82, 2.24) is 20.5 Å². The highest BCUT2D eigenvalue weighted by Gasteiger charge is 2.39. The van der Waals surface area contributed by atoms with E-state index in [0.29, 0.717) is 60.9 Å². The molecule has 2 heterocycles. The second-order valence-corrected chi connectivity index (χ2v) is 18.0. The van der Waals surface area contributed by atoms with Gasteiger partial charge in [0.1, 0.15) is 11.9 Å². The number of carboxylic acids is 2. The minimum Gasteiger partial charge on any atom is -0.506 e. The van der Waals surface area contributed by atoms with Crippen molar-refractivity contribution in [2.45, 2.75) is 76.2 Å². The fraction of sp³-hybridized carbons (Fsp3) is 0.309. The molecule has 0 radical (unpaired) electrons. The Balaban J connectivity index is 0.000000706. The van der Waals surface area contributed by atoms with Gasteiger partial charge in [-0.2, -0.15) is 26.3 Å². The number of aromatic hydroxyl groups is 1. The molecule has 0 bridgehead atoms. The number of piperidine rings is 1. The lowest BCUT2D eigenvalue weighted by Crippen LogP contribution is -2.40. The van der Waals surface area contributed by atoms with Crippen LogP contribution in [0.3, 0.4) is 0 Å². The van der Waals surface area contributed by atoms with E-state index in [1.807, 2.05) is 110 Å². The van der Waals surface area contributed by atoms with Crippen molar-refractivity contribution < 1.29 is 75.5 Å². The van der Waals surface area contributed by atoms with E-state index >= 15 is 0 Å². The number of aliphatic hydroxyl groups excluding tert-OH is 1. The topological polar surface area (TPSA) is 251 Å². The lowest BCUT2D eigenvalue weighted by atomic mass is 10.0. The third kappa shape index (κ3) is 19.1. The Labute approximate surface area is 443 Å². The number of aromatic amines is 1. The van der Waals surface area contributed by atoms with E-state index < -0.39 is 36.5 Å². The van der Waals surface area contributed by atoms with Gasteiger partial charge in [-0.05, 0) is 84.3 Å². The number of phenols is 1. The molecule has 0 spiro atoms. The highest BCUT2D eigenvalue weighted by Crippen LogP contribution is 2.30. The summed E-state index contributed by atoms with van der Waals surface area (Å²) in [4.78, 5) is 75.0. The first-order valence-corrected chi connectivity index (χ1v) is 24.3. The molecular formula is C55H58F6N6O11. The molecule has 1 fully saturated rings. The number of hydrogen-bond acceptors (Lipinski definition) is 11. The van der Waals surface area contributed by atoms with Gasteiger partial charge in [0.15, 0.2) is 0 Å². The molecule has 3 amide bonds. The summed E-state index contributed by atoms with van der Waals surface area (Å²) >= 11 is 0. The summed E-state index contributed by atoms with van der Waals surface area (Å²) in [6.45, 7) is 4.73. The highest BCUT2D eigenvalue weighted by atomic mass is 19.4. The summed E-state index contributed by atoms with van der Waals surface area (Å²) < 4.78 is 69.3. The number of alkyl halides is 6. The van der Waals surface area contributed by atoms with Crippen molar-refractivity contribution in [3.63, 3.8) is 0 Å². The van der Waals surface area contributed by atoms with Gasteiger partial charge in [-0.3, -0.25) is 19.7 Å². The molecule has 1 aliphatic heterocycles. The van der Waals surface area contributed by atoms with Gasteiger partial charge in [0.2, 0.25) is 17.4 Å². The largest absolute Gasteiger partial charge is 0.506 e. The average molecular weight is 1090 g/mol. The van der Waals surface area contributed by atoms with Crippen molar-refractivity contribution >= 4 is 52.1 Å². The van der Waals surface area contributed by atoms with Crippen LogP contribution in [-0.4, -0.2) is 118 Å². The number of aromatic nitrogens is 1. The molecule has 1 aliphatic rings. The van der Waals surface area contributed by atoms with Crippen LogP contribution in [-0.2, 0) is 43.3 Å². The zero-order valence-electron chi connectivity index (χ0n) is 42.2. The smallest absolute Gasteiger partial charge is 0.490 e.